The standard InChI is InChI=1S/C21H36N2O.C21H12O4S2.C20H21NO3.C18H15IN2O2.C15H16N2O2S2.C14H10BrNO2.C8H5BrN2O/c1-20(2,3)17-13-16(14-18(19(17)24)21(4,5)6)15-23-10-8-9-22(7)11-12-23;22-13-8-4-3-7-12(13)16-17-18(24)10-5-1-2-6-11(10)19(25)21(17)26-14-9-15(23)27-20(14)16;1-14-6-9-18(24-14)20(21-10-12-23-13-11-21)19-16-5-3-2-4-15(16)7-8-17(19)22;1-23-15-9-11(8-12(19)17(15)22)18-20-13-6-2-4-10-5-3-7-14(21-18)16(10)13;1-20-15(12-16-13-8-4-2-5-9-13)17-21(18,19)14-10-6-3-7-11-14;1-8-2-4-10(18-8)7-12-11-6-9(15)3-5-13(11)16-14(12)17;9-5-1-2-7-6(3-5)8(12)11-4-10-7/h13-14,24H,8-12,15H2,1-7H3;1-8,16,22H,9H2;2-9,20,22H,10-13H2,1H3;2-9,18,20-22H,1H3;2-11,16H,12H2,1H3;2-7H,1H3,(H,16,17);1-4H,(H,10,11,12)/b;;;;;12-7-;. The van der Waals surface area contributed by atoms with Gasteiger partial charge in [-0.1, -0.05) is 243 Å². The van der Waals surface area contributed by atoms with E-state index in [1.54, 1.807) is 110 Å². The normalized spacial score (nSPS) is 16.2. The molecular formula is C117H115Br2IN10O15S4. The number of aromatic amines is 1. The number of allylic oxidation sites excluding steroid dienone is 4. The molecule has 15 aromatic rings. The van der Waals surface area contributed by atoms with Crippen LogP contribution in [0.3, 0.4) is 0 Å². The smallest absolute Gasteiger partial charge is 0.283 e. The molecule has 2 unspecified atom stereocenters. The number of H-pyrrole nitrogens is 1. The molecular weight excluding hydrogens is 2200 g/mol. The predicted molar refractivity (Wildman–Crippen MR) is 616 cm³/mol. The highest BCUT2D eigenvalue weighted by molar-refractivity contribution is 14.1. The van der Waals surface area contributed by atoms with Crippen molar-refractivity contribution in [2.75, 3.05) is 101 Å². The molecule has 1 aliphatic carbocycles. The van der Waals surface area contributed by atoms with Crippen molar-refractivity contribution in [3.05, 3.63) is 390 Å². The third-order valence-corrected chi connectivity index (χ3v) is 32.2. The van der Waals surface area contributed by atoms with Crippen LogP contribution in [0, 0.1) is 17.4 Å². The monoisotopic (exact) mass is 2310 g/mol. The van der Waals surface area contributed by atoms with Crippen LogP contribution in [0.4, 0.5) is 22.7 Å². The number of nitrogens with zero attached hydrogens (tertiary/aromatic N) is 5. The van der Waals surface area contributed by atoms with Crippen molar-refractivity contribution in [2.45, 2.75) is 109 Å². The summed E-state index contributed by atoms with van der Waals surface area (Å²) in [6, 6.07) is 82.8. The van der Waals surface area contributed by atoms with Gasteiger partial charge in [-0.2, -0.15) is 12.8 Å². The van der Waals surface area contributed by atoms with E-state index in [4.69, 9.17) is 18.3 Å². The summed E-state index contributed by atoms with van der Waals surface area (Å²) in [7, 11) is 0.121. The van der Waals surface area contributed by atoms with Gasteiger partial charge in [-0.05, 0) is 246 Å². The van der Waals surface area contributed by atoms with Crippen molar-refractivity contribution < 1.29 is 66.3 Å². The molecule has 1 amide bonds. The molecule has 0 bridgehead atoms. The van der Waals surface area contributed by atoms with Gasteiger partial charge in [-0.3, -0.25) is 33.8 Å². The second-order valence-corrected chi connectivity index (χ2v) is 46.1. The lowest BCUT2D eigenvalue weighted by atomic mass is 9.78. The summed E-state index contributed by atoms with van der Waals surface area (Å²) in [5.41, 5.74) is 13.0. The molecule has 6 aliphatic heterocycles. The number of halogens is 3. The van der Waals surface area contributed by atoms with Crippen LogP contribution in [0.1, 0.15) is 155 Å². The van der Waals surface area contributed by atoms with Crippen LogP contribution in [-0.2, 0) is 41.7 Å². The lowest BCUT2D eigenvalue weighted by molar-refractivity contribution is -0.111. The number of rotatable bonds is 14. The van der Waals surface area contributed by atoms with E-state index in [1.165, 1.54) is 59.2 Å². The second kappa shape index (κ2) is 48.4. The third-order valence-electron chi connectivity index (χ3n) is 25.8. The second-order valence-electron chi connectivity index (χ2n) is 38.4. The van der Waals surface area contributed by atoms with Gasteiger partial charge in [-0.25, -0.2) is 4.98 Å². The number of aromatic nitrogens is 2. The maximum absolute atomic E-state index is 13.3. The molecule has 0 radical (unpaired) electrons. The number of para-hydroxylation sites is 2. The average molecular weight is 2320 g/mol. The largest absolute Gasteiger partial charge is 0.508 e. The number of thioether (sulfide) groups is 3. The van der Waals surface area contributed by atoms with Gasteiger partial charge in [0.1, 0.15) is 51.5 Å². The van der Waals surface area contributed by atoms with Crippen LogP contribution >= 0.6 is 89.7 Å². The van der Waals surface area contributed by atoms with E-state index in [0.717, 1.165) is 152 Å². The highest BCUT2D eigenvalue weighted by Crippen LogP contribution is 2.59. The van der Waals surface area contributed by atoms with Gasteiger partial charge < -0.3 is 69.9 Å². The first-order valence-electron chi connectivity index (χ1n) is 48.5. The zero-order valence-corrected chi connectivity index (χ0v) is 92.7. The summed E-state index contributed by atoms with van der Waals surface area (Å²) in [5, 5.41) is 60.7. The summed E-state index contributed by atoms with van der Waals surface area (Å²) in [6.07, 6.45) is 6.37. The molecule has 25 nitrogen and oxygen atoms in total. The molecule has 2 atom stereocenters. The number of Topliss-reactive ketones (excluding diaryl/α,β-unsaturated/α-hetero) is 2. The molecule has 12 aromatic carbocycles. The fourth-order valence-electron chi connectivity index (χ4n) is 18.4. The van der Waals surface area contributed by atoms with Gasteiger partial charge in [0.15, 0.2) is 22.4 Å². The number of sulfonamides is 1. The number of fused-ring (bicyclic) bond motifs is 4. The van der Waals surface area contributed by atoms with Crippen LogP contribution in [0.15, 0.2) is 325 Å². The molecule has 3 aromatic heterocycles. The Labute approximate surface area is 909 Å². The number of aromatic hydroxyl groups is 4. The molecule has 9 heterocycles. The summed E-state index contributed by atoms with van der Waals surface area (Å²) in [5.74, 6) is 3.64. The number of anilines is 4. The van der Waals surface area contributed by atoms with Crippen LogP contribution in [0.5, 0.6) is 28.7 Å². The number of amides is 1. The Bertz CT molecular complexity index is 7780. The van der Waals surface area contributed by atoms with E-state index in [0.29, 0.717) is 91.5 Å². The number of nitrogens with one attached hydrogen (secondary N) is 5. The van der Waals surface area contributed by atoms with Gasteiger partial charge in [0.05, 0.1) is 75.0 Å². The fourth-order valence-corrected chi connectivity index (χ4v) is 24.0. The van der Waals surface area contributed by atoms with Crippen molar-refractivity contribution in [1.82, 2.24) is 24.7 Å². The number of aryl methyl sites for hydroxylation is 2. The van der Waals surface area contributed by atoms with Crippen LogP contribution in [0.25, 0.3) is 44.1 Å². The molecule has 768 valence electrons. The topological polar surface area (TPSA) is 344 Å². The SMILES string of the molecule is CN1CCCN(Cc2cc(C(C)(C)C)c(O)c(C(C)(C)C)c2)CC1.COc1cc(C2Nc3cccc4cccc(c34)N2)cc(I)c1O.CSC(CNc1ccccc1)=NS(=O)(=O)c1ccccc1.Cc1ccc(/C=C2\C(=O)Nc3ccc(Br)cc32)o1.Cc1ccc(C(c2c(O)ccc3ccccc23)N2CCOCC2)o1.O=C1CC2=C(S1)C(c1ccccc1O)C1=C(S2)C(=O)c2ccccc2C1=O.O=c1[nH]cnc2ccc(Br)cc12. The molecule has 9 N–H and O–H groups in total. The number of phenols is 4. The first kappa shape index (κ1) is 109. The number of phenolic OH excluding ortho intramolecular Hbond substituents is 4. The maximum Gasteiger partial charge on any atom is 0.283 e. The fraction of sp³-hybridized carbons (Fsp3) is 0.239. The number of carbonyl (C=O) groups excluding carboxylic acids is 4. The van der Waals surface area contributed by atoms with Crippen LogP contribution in [0.2, 0.25) is 0 Å². The lowest BCUT2D eigenvalue weighted by Crippen LogP contribution is -2.39. The van der Waals surface area contributed by atoms with Crippen molar-refractivity contribution >= 4 is 194 Å². The zero-order chi connectivity index (χ0) is 106. The molecule has 32 heteroatoms. The van der Waals surface area contributed by atoms with Crippen molar-refractivity contribution in [1.29, 1.82) is 0 Å². The number of carbonyl (C=O) groups is 4. The van der Waals surface area contributed by atoms with Crippen LogP contribution in [-0.4, -0.2) is 161 Å². The maximum atomic E-state index is 13.3. The number of likely N-dealkylation sites (N-methyl/N-ethyl adjacent to an activating group) is 1. The molecule has 0 saturated carbocycles. The van der Waals surface area contributed by atoms with E-state index < -0.39 is 15.9 Å². The molecule has 0 spiro atoms. The Kier molecular flexibility index (Phi) is 35.4. The van der Waals surface area contributed by atoms with E-state index in [2.05, 4.69) is 214 Å². The predicted octanol–water partition coefficient (Wildman–Crippen LogP) is 25.9. The van der Waals surface area contributed by atoms with Gasteiger partial charge in [-0.15, -0.1) is 11.8 Å². The third kappa shape index (κ3) is 26.2. The minimum absolute atomic E-state index is 0.00909. The highest BCUT2D eigenvalue weighted by atomic mass is 127. The Morgan fingerprint density at radius 3 is 1.94 bits per heavy atom. The van der Waals surface area contributed by atoms with E-state index in [1.807, 2.05) is 129 Å². The minimum atomic E-state index is -3.65. The van der Waals surface area contributed by atoms with Crippen LogP contribution < -0.4 is 31.6 Å². The summed E-state index contributed by atoms with van der Waals surface area (Å²) < 4.78 is 53.1. The van der Waals surface area contributed by atoms with Gasteiger partial charge >= 0.3 is 0 Å². The van der Waals surface area contributed by atoms with E-state index in [9.17, 15) is 52.8 Å². The number of benzene rings is 12. The van der Waals surface area contributed by atoms with E-state index >= 15 is 0 Å². The Morgan fingerprint density at radius 1 is 0.638 bits per heavy atom. The number of morpholine rings is 1. The zero-order valence-electron chi connectivity index (χ0n) is 84.1. The summed E-state index contributed by atoms with van der Waals surface area (Å²) >= 11 is 12.5. The van der Waals surface area contributed by atoms with Gasteiger partial charge in [0.2, 0.25) is 5.78 Å². The molecule has 2 fully saturated rings. The lowest BCUT2D eigenvalue weighted by Gasteiger charge is -2.34. The average Bonchev–Trinajstić information content (AvgIpc) is 1.66. The number of methoxy groups -OCH3 is 1. The Balaban J connectivity index is 0.000000125. The number of furan rings is 2. The first-order valence-corrected chi connectivity index (χ1v) is 55.5. The highest BCUT2D eigenvalue weighted by Gasteiger charge is 2.47. The van der Waals surface area contributed by atoms with Gasteiger partial charge in [0, 0.05) is 119 Å². The Morgan fingerprint density at radius 2 is 1.28 bits per heavy atom. The molecule has 22 rings (SSSR count). The quantitative estimate of drug-likeness (QED) is 0.0211. The number of ether oxygens (including phenoxy) is 2. The summed E-state index contributed by atoms with van der Waals surface area (Å²) in [4.78, 5) is 77.7. The Hall–Kier alpha value is -12.8. The van der Waals surface area contributed by atoms with E-state index in [-0.39, 0.29) is 74.0 Å². The number of hydrogen-bond donors (Lipinski definition) is 9. The summed E-state index contributed by atoms with van der Waals surface area (Å²) in [6.45, 7) is 25.9. The minimum Gasteiger partial charge on any atom is -0.508 e. The van der Waals surface area contributed by atoms with Gasteiger partial charge in [0.25, 0.3) is 21.5 Å². The van der Waals surface area contributed by atoms with Crippen molar-refractivity contribution in [3.63, 3.8) is 0 Å². The molecule has 149 heavy (non-hydrogen) atoms. The van der Waals surface area contributed by atoms with Crippen molar-refractivity contribution in [2.24, 2.45) is 4.40 Å². The number of hydrogen-bond acceptors (Lipinski definition) is 25. The van der Waals surface area contributed by atoms with Crippen molar-refractivity contribution in [3.8, 4) is 28.7 Å². The molecule has 7 aliphatic rings. The first-order chi connectivity index (χ1) is 71.5. The number of ketones is 2. The molecule has 2 saturated heterocycles.